The van der Waals surface area contributed by atoms with E-state index in [9.17, 15) is 33.9 Å². The van der Waals surface area contributed by atoms with Crippen molar-refractivity contribution in [2.75, 3.05) is 23.9 Å². The second kappa shape index (κ2) is 18.9. The van der Waals surface area contributed by atoms with Crippen molar-refractivity contribution in [3.8, 4) is 5.75 Å². The molecule has 2 aromatic heterocycles. The molecule has 6 aromatic rings. The fourth-order valence-electron chi connectivity index (χ4n) is 7.89. The molecular weight excluding hydrogens is 812 g/mol. The lowest BCUT2D eigenvalue weighted by Crippen LogP contribution is -2.32. The minimum absolute atomic E-state index is 0.00369. The first-order valence-corrected chi connectivity index (χ1v) is 21.1. The summed E-state index contributed by atoms with van der Waals surface area (Å²) in [7, 11) is 0. The molecule has 15 heteroatoms. The summed E-state index contributed by atoms with van der Waals surface area (Å²) in [6.07, 6.45) is 0.928. The molecule has 4 aromatic carbocycles. The number of amides is 3. The lowest BCUT2D eigenvalue weighted by molar-refractivity contribution is -0.141. The van der Waals surface area contributed by atoms with Crippen LogP contribution in [-0.4, -0.2) is 80.1 Å². The van der Waals surface area contributed by atoms with Crippen LogP contribution in [0.2, 0.25) is 0 Å². The van der Waals surface area contributed by atoms with Crippen LogP contribution in [0.25, 0.3) is 32.6 Å². The van der Waals surface area contributed by atoms with E-state index in [1.807, 2.05) is 54.6 Å². The van der Waals surface area contributed by atoms with Gasteiger partial charge < -0.3 is 30.4 Å². The molecule has 0 saturated carbocycles. The Morgan fingerprint density at radius 3 is 2.15 bits per heavy atom. The number of phenolic OH excluding ortho intramolecular Hbond substituents is 1. The van der Waals surface area contributed by atoms with Crippen LogP contribution in [0, 0.1) is 5.92 Å². The van der Waals surface area contributed by atoms with Crippen molar-refractivity contribution in [3.05, 3.63) is 107 Å². The number of aromatic amines is 2. The minimum Gasteiger partial charge on any atom is -0.507 e. The normalized spacial score (nSPS) is 14.3. The zero-order valence-electron chi connectivity index (χ0n) is 34.3. The molecule has 2 atom stereocenters. The first kappa shape index (κ1) is 43.3. The summed E-state index contributed by atoms with van der Waals surface area (Å²) in [6, 6.07) is 23.8. The highest BCUT2D eigenvalue weighted by molar-refractivity contribution is 6.19. The molecule has 1 aliphatic heterocycles. The number of hydrazone groups is 1. The predicted octanol–water partition coefficient (Wildman–Crippen LogP) is 7.31. The summed E-state index contributed by atoms with van der Waals surface area (Å²) in [5.74, 6) is -2.56. The Kier molecular flexibility index (Phi) is 13.2. The molecule has 0 bridgehead atoms. The molecule has 3 heterocycles. The van der Waals surface area contributed by atoms with Crippen LogP contribution in [0.1, 0.15) is 89.5 Å². The van der Waals surface area contributed by atoms with E-state index in [0.29, 0.717) is 47.0 Å². The van der Waals surface area contributed by atoms with Crippen molar-refractivity contribution >= 4 is 90.8 Å². The van der Waals surface area contributed by atoms with Crippen molar-refractivity contribution in [1.29, 1.82) is 0 Å². The number of phenols is 1. The van der Waals surface area contributed by atoms with Crippen LogP contribution in [0.15, 0.2) is 84.0 Å². The smallest absolute Gasteiger partial charge is 0.308 e. The Labute approximate surface area is 361 Å². The van der Waals surface area contributed by atoms with Gasteiger partial charge in [-0.15, -0.1) is 11.6 Å². The number of H-pyrrole nitrogens is 2. The van der Waals surface area contributed by atoms with E-state index in [1.54, 1.807) is 43.0 Å². The third kappa shape index (κ3) is 9.71. The van der Waals surface area contributed by atoms with E-state index in [-0.39, 0.29) is 80.1 Å². The molecule has 3 amide bonds. The number of carboxylic acids is 1. The molecule has 0 fully saturated rings. The van der Waals surface area contributed by atoms with Gasteiger partial charge in [0.2, 0.25) is 11.8 Å². The number of halogens is 1. The number of nitrogens with zero attached hydrogens (tertiary/aromatic N) is 2. The Balaban J connectivity index is 0.911. The average Bonchev–Trinajstić information content (AvgIpc) is 3.99. The number of aromatic nitrogens is 2. The van der Waals surface area contributed by atoms with Crippen LogP contribution >= 0.6 is 11.6 Å². The van der Waals surface area contributed by atoms with Gasteiger partial charge in [-0.1, -0.05) is 43.3 Å². The highest BCUT2D eigenvalue weighted by Gasteiger charge is 2.35. The molecule has 7 rings (SSSR count). The van der Waals surface area contributed by atoms with E-state index >= 15 is 0 Å². The van der Waals surface area contributed by atoms with Crippen LogP contribution in [0.3, 0.4) is 0 Å². The highest BCUT2D eigenvalue weighted by atomic mass is 35.5. The monoisotopic (exact) mass is 858 g/mol. The molecule has 1 unspecified atom stereocenters. The number of hydrogen-bond acceptors (Lipinski definition) is 8. The third-order valence-corrected chi connectivity index (χ3v) is 11.7. The van der Waals surface area contributed by atoms with Gasteiger partial charge in [0.05, 0.1) is 17.3 Å². The fraction of sp³-hybridized carbons (Fsp3) is 0.298. The third-order valence-electron chi connectivity index (χ3n) is 11.3. The summed E-state index contributed by atoms with van der Waals surface area (Å²) >= 11 is 6.39. The first-order valence-electron chi connectivity index (χ1n) is 20.5. The van der Waals surface area contributed by atoms with Gasteiger partial charge in [-0.05, 0) is 78.2 Å². The van der Waals surface area contributed by atoms with Gasteiger partial charge in [0.1, 0.15) is 17.2 Å². The second-order valence-electron chi connectivity index (χ2n) is 15.8. The van der Waals surface area contributed by atoms with Gasteiger partial charge >= 0.3 is 5.97 Å². The number of anilines is 1. The Morgan fingerprint density at radius 2 is 1.47 bits per heavy atom. The van der Waals surface area contributed by atoms with Crippen LogP contribution in [-0.2, 0) is 32.0 Å². The maximum Gasteiger partial charge on any atom is 0.308 e. The van der Waals surface area contributed by atoms with E-state index in [0.717, 1.165) is 43.9 Å². The number of carboxylic acid groups (broad SMARTS) is 1. The molecule has 0 spiro atoms. The largest absolute Gasteiger partial charge is 0.507 e. The number of benzene rings is 4. The molecule has 14 nitrogen and oxygen atoms in total. The Bertz CT molecular complexity index is 2770. The van der Waals surface area contributed by atoms with Crippen molar-refractivity contribution in [2.45, 2.75) is 64.7 Å². The minimum atomic E-state index is -0.964. The summed E-state index contributed by atoms with van der Waals surface area (Å²) in [6.45, 7) is 3.82. The maximum absolute atomic E-state index is 13.9. The quantitative estimate of drug-likeness (QED) is 0.0223. The fourth-order valence-corrected chi connectivity index (χ4v) is 8.14. The van der Waals surface area contributed by atoms with Gasteiger partial charge in [0.25, 0.3) is 5.91 Å². The van der Waals surface area contributed by atoms with Crippen molar-refractivity contribution < 1.29 is 39.0 Å². The Hall–Kier alpha value is -6.80. The van der Waals surface area contributed by atoms with Crippen LogP contribution in [0.5, 0.6) is 5.75 Å². The lowest BCUT2D eigenvalue weighted by Gasteiger charge is -2.17. The topological polar surface area (TPSA) is 214 Å². The molecule has 320 valence electrons. The number of Topliss-reactive ketones (excluding diaryl/α,β-unsaturated/α-hetero) is 2. The van der Waals surface area contributed by atoms with Gasteiger partial charge in [0.15, 0.2) is 5.78 Å². The number of fused-ring (bicyclic) bond motifs is 5. The standard InChI is InChI=1S/C47H47ClN6O8/c1-3-29(47(61)62)24-49-43(58)14-8-26(2)52-53-44(59)15-11-33(55)18-27-9-12-36-30(16-27)20-38(50-36)42(57)19-28-10-13-37-31(17-28)21-39(51-37)46(60)54-25-32(23-48)45-35-7-5-4-6-34(35)41(56)22-40(45)54/h4-7,9-10,12-13,16-17,20-22,29,32,50-51,56H,3,8,11,14-15,18-19,23-25H2,1-2H3,(H,49,58)(H,53,59)(H,61,62)/b52-26+/t29-,32?/m0/s1. The van der Waals surface area contributed by atoms with Crippen LogP contribution < -0.4 is 15.6 Å². The number of hydrogen-bond donors (Lipinski definition) is 6. The predicted molar refractivity (Wildman–Crippen MR) is 238 cm³/mol. The summed E-state index contributed by atoms with van der Waals surface area (Å²) in [5.41, 5.74) is 8.29. The second-order valence-corrected chi connectivity index (χ2v) is 16.1. The summed E-state index contributed by atoms with van der Waals surface area (Å²) in [4.78, 5) is 83.8. The molecule has 0 saturated heterocycles. The zero-order chi connectivity index (χ0) is 44.1. The van der Waals surface area contributed by atoms with Gasteiger partial charge in [-0.2, -0.15) is 5.10 Å². The molecule has 62 heavy (non-hydrogen) atoms. The highest BCUT2D eigenvalue weighted by Crippen LogP contribution is 2.45. The number of alkyl halides is 1. The Morgan fingerprint density at radius 1 is 0.823 bits per heavy atom. The van der Waals surface area contributed by atoms with Crippen molar-refractivity contribution in [1.82, 2.24) is 20.7 Å². The number of aliphatic carboxylic acids is 1. The zero-order valence-corrected chi connectivity index (χ0v) is 35.1. The summed E-state index contributed by atoms with van der Waals surface area (Å²) < 4.78 is 0. The maximum atomic E-state index is 13.9. The number of rotatable bonds is 18. The number of ketones is 2. The van der Waals surface area contributed by atoms with Gasteiger partial charge in [0, 0.05) is 96.0 Å². The van der Waals surface area contributed by atoms with Gasteiger partial charge in [-0.25, -0.2) is 5.43 Å². The van der Waals surface area contributed by atoms with E-state index in [4.69, 9.17) is 16.7 Å². The number of nitrogens with one attached hydrogen (secondary N) is 4. The molecule has 6 N–H and O–H groups in total. The number of carbonyl (C=O) groups is 6. The van der Waals surface area contributed by atoms with E-state index in [2.05, 4.69) is 25.8 Å². The van der Waals surface area contributed by atoms with E-state index < -0.39 is 17.8 Å². The van der Waals surface area contributed by atoms with Crippen molar-refractivity contribution in [3.63, 3.8) is 0 Å². The SMILES string of the molecule is CC[C@@H](CNC(=O)CC/C(C)=N/NC(=O)CCC(=O)Cc1ccc2[nH]c(C(=O)Cc3ccc4[nH]c(C(=O)N5CC(CCl)c6c5cc(O)c5ccccc65)cc4c3)cc2c1)C(=O)O. The van der Waals surface area contributed by atoms with Crippen LogP contribution in [0.4, 0.5) is 5.69 Å². The van der Waals surface area contributed by atoms with E-state index in [1.165, 1.54) is 0 Å². The number of aromatic hydroxyl groups is 1. The molecule has 0 radical (unpaired) electrons. The van der Waals surface area contributed by atoms with Gasteiger partial charge in [-0.3, -0.25) is 28.8 Å². The number of carbonyl (C=O) groups excluding carboxylic acids is 5. The first-order chi connectivity index (χ1) is 29.8. The average molecular weight is 859 g/mol. The molecule has 0 aliphatic carbocycles. The van der Waals surface area contributed by atoms with Crippen molar-refractivity contribution in [2.24, 2.45) is 11.0 Å². The lowest BCUT2D eigenvalue weighted by atomic mass is 9.95. The summed E-state index contributed by atoms with van der Waals surface area (Å²) in [5, 5.41) is 29.7. The molecule has 1 aliphatic rings. The molecular formula is C47H47ClN6O8.